The van der Waals surface area contributed by atoms with Crippen LogP contribution in [0, 0.1) is 11.3 Å². The summed E-state index contributed by atoms with van der Waals surface area (Å²) in [5, 5.41) is 3.45. The van der Waals surface area contributed by atoms with E-state index < -0.39 is 0 Å². The highest BCUT2D eigenvalue weighted by Gasteiger charge is 2.27. The summed E-state index contributed by atoms with van der Waals surface area (Å²) in [4.78, 5) is 2.64. The van der Waals surface area contributed by atoms with Gasteiger partial charge in [-0.1, -0.05) is 34.1 Å². The van der Waals surface area contributed by atoms with Crippen LogP contribution in [-0.4, -0.2) is 36.6 Å². The summed E-state index contributed by atoms with van der Waals surface area (Å²) in [5.74, 6) is 0.928. The quantitative estimate of drug-likeness (QED) is 0.781. The van der Waals surface area contributed by atoms with E-state index in [1.807, 2.05) is 0 Å². The van der Waals surface area contributed by atoms with Crippen molar-refractivity contribution in [2.75, 3.05) is 26.2 Å². The molecule has 0 spiro atoms. The Balaban J connectivity index is 0.000000220. The van der Waals surface area contributed by atoms with Crippen molar-refractivity contribution >= 4 is 0 Å². The van der Waals surface area contributed by atoms with Gasteiger partial charge in [-0.05, 0) is 89.9 Å². The zero-order valence-electron chi connectivity index (χ0n) is 16.3. The predicted molar refractivity (Wildman–Crippen MR) is 99.5 cm³/mol. The van der Waals surface area contributed by atoms with E-state index in [2.05, 4.69) is 51.8 Å². The molecule has 0 aromatic heterocycles. The van der Waals surface area contributed by atoms with Gasteiger partial charge in [0.2, 0.25) is 0 Å². The maximum Gasteiger partial charge on any atom is 0.0153 e. The topological polar surface area (TPSA) is 15.3 Å². The Bertz CT molecular complexity index is 277. The molecule has 0 aliphatic carbocycles. The Kier molecular flexibility index (Phi) is 8.42. The Hall–Kier alpha value is -0.0800. The highest BCUT2D eigenvalue weighted by atomic mass is 15.2. The number of hydrogen-bond acceptors (Lipinski definition) is 2. The standard InChI is InChI=1S/2C10H21N/c1-10(2,3)9-5-4-7-11-8-6-9;1-4-7-10(2,3)11-8-5-6-9-11/h9,11H,4-8H2,1-3H3;4-9H2,1-3H3. The number of nitrogens with zero attached hydrogens (tertiary/aromatic N) is 1. The average molecular weight is 311 g/mol. The largest absolute Gasteiger partial charge is 0.317 e. The first-order valence-corrected chi connectivity index (χ1v) is 9.73. The van der Waals surface area contributed by atoms with Crippen molar-refractivity contribution in [1.29, 1.82) is 0 Å². The lowest BCUT2D eigenvalue weighted by Gasteiger charge is -2.35. The Morgan fingerprint density at radius 2 is 1.55 bits per heavy atom. The maximum atomic E-state index is 3.45. The molecular formula is C20H42N2. The van der Waals surface area contributed by atoms with Crippen LogP contribution in [-0.2, 0) is 0 Å². The lowest BCUT2D eigenvalue weighted by molar-refractivity contribution is 0.143. The molecule has 1 N–H and O–H groups in total. The first-order chi connectivity index (χ1) is 10.3. The average Bonchev–Trinajstić information content (AvgIpc) is 2.81. The van der Waals surface area contributed by atoms with Crippen LogP contribution >= 0.6 is 0 Å². The molecule has 2 fully saturated rings. The Labute approximate surface area is 140 Å². The third kappa shape index (κ3) is 7.00. The maximum absolute atomic E-state index is 3.45. The summed E-state index contributed by atoms with van der Waals surface area (Å²) in [6, 6.07) is 0. The fourth-order valence-corrected chi connectivity index (χ4v) is 3.98. The van der Waals surface area contributed by atoms with Crippen molar-refractivity contribution < 1.29 is 0 Å². The molecule has 2 aliphatic heterocycles. The molecule has 2 aliphatic rings. The summed E-state index contributed by atoms with van der Waals surface area (Å²) >= 11 is 0. The monoisotopic (exact) mass is 310 g/mol. The highest BCUT2D eigenvalue weighted by Crippen LogP contribution is 2.32. The van der Waals surface area contributed by atoms with Crippen molar-refractivity contribution in [3.05, 3.63) is 0 Å². The van der Waals surface area contributed by atoms with Gasteiger partial charge in [-0.3, -0.25) is 4.90 Å². The van der Waals surface area contributed by atoms with Crippen molar-refractivity contribution in [2.45, 2.75) is 92.0 Å². The van der Waals surface area contributed by atoms with Gasteiger partial charge in [0.15, 0.2) is 0 Å². The van der Waals surface area contributed by atoms with Crippen LogP contribution in [0.25, 0.3) is 0 Å². The van der Waals surface area contributed by atoms with Crippen LogP contribution in [0.3, 0.4) is 0 Å². The summed E-state index contributed by atoms with van der Waals surface area (Å²) in [5.41, 5.74) is 0.983. The van der Waals surface area contributed by atoms with Crippen molar-refractivity contribution in [3.63, 3.8) is 0 Å². The van der Waals surface area contributed by atoms with Gasteiger partial charge in [0.1, 0.15) is 0 Å². The Morgan fingerprint density at radius 1 is 0.909 bits per heavy atom. The summed E-state index contributed by atoms with van der Waals surface area (Å²) in [6.07, 6.45) is 9.61. The molecule has 22 heavy (non-hydrogen) atoms. The zero-order valence-corrected chi connectivity index (χ0v) is 16.3. The lowest BCUT2D eigenvalue weighted by Crippen LogP contribution is -2.41. The van der Waals surface area contributed by atoms with E-state index >= 15 is 0 Å². The third-order valence-electron chi connectivity index (χ3n) is 5.62. The normalized spacial score (nSPS) is 24.5. The lowest BCUT2D eigenvalue weighted by atomic mass is 9.77. The highest BCUT2D eigenvalue weighted by molar-refractivity contribution is 4.83. The number of hydrogen-bond donors (Lipinski definition) is 1. The predicted octanol–water partition coefficient (Wildman–Crippen LogP) is 5.08. The first-order valence-electron chi connectivity index (χ1n) is 9.73. The van der Waals surface area contributed by atoms with E-state index in [-0.39, 0.29) is 0 Å². The molecule has 0 saturated carbocycles. The van der Waals surface area contributed by atoms with Crippen molar-refractivity contribution in [3.8, 4) is 0 Å². The van der Waals surface area contributed by atoms with Crippen molar-refractivity contribution in [2.24, 2.45) is 11.3 Å². The second-order valence-corrected chi connectivity index (χ2v) is 9.00. The number of rotatable bonds is 3. The van der Waals surface area contributed by atoms with Crippen LogP contribution in [0.1, 0.15) is 86.5 Å². The van der Waals surface area contributed by atoms with Gasteiger partial charge in [0.25, 0.3) is 0 Å². The number of nitrogens with one attached hydrogen (secondary N) is 1. The molecule has 0 bridgehead atoms. The molecule has 0 aromatic carbocycles. The SMILES string of the molecule is CC(C)(C)C1CCCNCC1.CCCC(C)(C)N1CCCC1. The minimum atomic E-state index is 0.464. The molecule has 2 nitrogen and oxygen atoms in total. The molecule has 1 unspecified atom stereocenters. The van der Waals surface area contributed by atoms with Gasteiger partial charge < -0.3 is 5.32 Å². The van der Waals surface area contributed by atoms with E-state index in [1.54, 1.807) is 0 Å². The van der Waals surface area contributed by atoms with Crippen LogP contribution in [0.5, 0.6) is 0 Å². The van der Waals surface area contributed by atoms with Gasteiger partial charge >= 0.3 is 0 Å². The summed E-state index contributed by atoms with van der Waals surface area (Å²) < 4.78 is 0. The van der Waals surface area contributed by atoms with Gasteiger partial charge in [-0.2, -0.15) is 0 Å². The van der Waals surface area contributed by atoms with E-state index in [0.717, 1.165) is 5.92 Å². The fourth-order valence-electron chi connectivity index (χ4n) is 3.98. The molecule has 2 rings (SSSR count). The number of likely N-dealkylation sites (tertiary alicyclic amines) is 1. The van der Waals surface area contributed by atoms with Crippen LogP contribution < -0.4 is 5.32 Å². The molecule has 2 heteroatoms. The minimum absolute atomic E-state index is 0.464. The van der Waals surface area contributed by atoms with Gasteiger partial charge in [0, 0.05) is 5.54 Å². The fraction of sp³-hybridized carbons (Fsp3) is 1.00. The van der Waals surface area contributed by atoms with E-state index in [9.17, 15) is 0 Å². The van der Waals surface area contributed by atoms with E-state index in [1.165, 1.54) is 71.1 Å². The summed E-state index contributed by atoms with van der Waals surface area (Å²) in [6.45, 7) is 19.2. The third-order valence-corrected chi connectivity index (χ3v) is 5.62. The molecule has 1 atom stereocenters. The molecule has 132 valence electrons. The second-order valence-electron chi connectivity index (χ2n) is 9.00. The van der Waals surface area contributed by atoms with Crippen LogP contribution in [0.2, 0.25) is 0 Å². The van der Waals surface area contributed by atoms with Crippen LogP contribution in [0.4, 0.5) is 0 Å². The molecule has 2 heterocycles. The molecule has 2 saturated heterocycles. The second kappa shape index (κ2) is 9.27. The summed E-state index contributed by atoms with van der Waals surface area (Å²) in [7, 11) is 0. The molecule has 0 aromatic rings. The minimum Gasteiger partial charge on any atom is -0.317 e. The van der Waals surface area contributed by atoms with Crippen molar-refractivity contribution in [1.82, 2.24) is 10.2 Å². The molecule has 0 amide bonds. The van der Waals surface area contributed by atoms with E-state index in [4.69, 9.17) is 0 Å². The van der Waals surface area contributed by atoms with Gasteiger partial charge in [-0.25, -0.2) is 0 Å². The first kappa shape index (κ1) is 20.0. The zero-order chi connectivity index (χ0) is 16.6. The van der Waals surface area contributed by atoms with Gasteiger partial charge in [0.05, 0.1) is 0 Å². The van der Waals surface area contributed by atoms with Gasteiger partial charge in [-0.15, -0.1) is 0 Å². The Morgan fingerprint density at radius 3 is 2.09 bits per heavy atom. The van der Waals surface area contributed by atoms with E-state index in [0.29, 0.717) is 11.0 Å². The molecular weight excluding hydrogens is 268 g/mol. The van der Waals surface area contributed by atoms with Crippen LogP contribution in [0.15, 0.2) is 0 Å². The molecule has 0 radical (unpaired) electrons. The smallest absolute Gasteiger partial charge is 0.0153 e.